The molecule has 1 saturated heterocycles. The second-order valence-electron chi connectivity index (χ2n) is 5.50. The summed E-state index contributed by atoms with van der Waals surface area (Å²) in [6, 6.07) is 13.7. The second-order valence-corrected chi connectivity index (χ2v) is 6.44. The van der Waals surface area contributed by atoms with Gasteiger partial charge in [0.2, 0.25) is 17.6 Å². The predicted molar refractivity (Wildman–Crippen MR) is 86.6 cm³/mol. The van der Waals surface area contributed by atoms with Crippen LogP contribution in [0.2, 0.25) is 0 Å². The van der Waals surface area contributed by atoms with Gasteiger partial charge in [-0.1, -0.05) is 41.6 Å². The highest BCUT2D eigenvalue weighted by Gasteiger charge is 2.36. The van der Waals surface area contributed by atoms with Gasteiger partial charge in [0.05, 0.1) is 4.88 Å². The molecule has 1 amide bonds. The van der Waals surface area contributed by atoms with Gasteiger partial charge < -0.3 is 9.42 Å². The summed E-state index contributed by atoms with van der Waals surface area (Å²) in [4.78, 5) is 19.5. The van der Waals surface area contributed by atoms with E-state index in [2.05, 4.69) is 10.1 Å². The first-order valence-corrected chi connectivity index (χ1v) is 8.40. The molecule has 6 heteroatoms. The standard InChI is InChI=1S/C17H15N3O2S/c21-15-9-8-13(20(15)11-12-5-2-1-3-6-12)17-18-16(19-22-17)14-7-4-10-23-14/h1-7,10,13H,8-9,11H2/t13-/m0/s1. The van der Waals surface area contributed by atoms with E-state index in [1.54, 1.807) is 11.3 Å². The molecular weight excluding hydrogens is 310 g/mol. The third-order valence-corrected chi connectivity index (χ3v) is 4.86. The van der Waals surface area contributed by atoms with Crippen LogP contribution in [0.4, 0.5) is 0 Å². The predicted octanol–water partition coefficient (Wildman–Crippen LogP) is 3.66. The minimum absolute atomic E-state index is 0.134. The minimum Gasteiger partial charge on any atom is -0.337 e. The van der Waals surface area contributed by atoms with Gasteiger partial charge in [-0.05, 0) is 23.4 Å². The normalized spacial score (nSPS) is 17.8. The summed E-state index contributed by atoms with van der Waals surface area (Å²) in [6.07, 6.45) is 1.24. The SMILES string of the molecule is O=C1CC[C@@H](c2nc(-c3cccs3)no2)N1Cc1ccccc1. The molecular formula is C17H15N3O2S. The molecule has 1 aromatic carbocycles. The number of rotatable bonds is 4. The van der Waals surface area contributed by atoms with Crippen LogP contribution in [0.5, 0.6) is 0 Å². The Balaban J connectivity index is 1.58. The number of hydrogen-bond donors (Lipinski definition) is 0. The average molecular weight is 325 g/mol. The first-order valence-electron chi connectivity index (χ1n) is 7.52. The van der Waals surface area contributed by atoms with Crippen LogP contribution in [0.15, 0.2) is 52.4 Å². The Morgan fingerprint density at radius 3 is 2.87 bits per heavy atom. The lowest BCUT2D eigenvalue weighted by molar-refractivity contribution is -0.129. The number of aromatic nitrogens is 2. The molecule has 5 nitrogen and oxygen atoms in total. The van der Waals surface area contributed by atoms with Crippen LogP contribution < -0.4 is 0 Å². The van der Waals surface area contributed by atoms with Crippen molar-refractivity contribution in [2.75, 3.05) is 0 Å². The summed E-state index contributed by atoms with van der Waals surface area (Å²) >= 11 is 1.57. The molecule has 0 N–H and O–H groups in total. The molecule has 0 unspecified atom stereocenters. The summed E-state index contributed by atoms with van der Waals surface area (Å²) in [5, 5.41) is 6.03. The molecule has 0 bridgehead atoms. The first-order chi connectivity index (χ1) is 11.3. The third kappa shape index (κ3) is 2.77. The molecule has 3 aromatic rings. The summed E-state index contributed by atoms with van der Waals surface area (Å²) in [5.74, 6) is 1.25. The number of thiophene rings is 1. The third-order valence-electron chi connectivity index (χ3n) is 3.99. The maximum absolute atomic E-state index is 12.2. The summed E-state index contributed by atoms with van der Waals surface area (Å²) in [6.45, 7) is 0.570. The zero-order chi connectivity index (χ0) is 15.6. The Hall–Kier alpha value is -2.47. The molecule has 1 fully saturated rings. The van der Waals surface area contributed by atoms with Crippen LogP contribution in [0.1, 0.15) is 30.3 Å². The maximum atomic E-state index is 12.2. The molecule has 0 saturated carbocycles. The molecule has 1 atom stereocenters. The number of hydrogen-bond acceptors (Lipinski definition) is 5. The van der Waals surface area contributed by atoms with Gasteiger partial charge in [0.15, 0.2) is 0 Å². The largest absolute Gasteiger partial charge is 0.337 e. The van der Waals surface area contributed by atoms with Crippen molar-refractivity contribution >= 4 is 17.2 Å². The molecule has 0 radical (unpaired) electrons. The summed E-state index contributed by atoms with van der Waals surface area (Å²) in [5.41, 5.74) is 1.10. The molecule has 0 spiro atoms. The van der Waals surface area contributed by atoms with Gasteiger partial charge in [-0.25, -0.2) is 0 Å². The van der Waals surface area contributed by atoms with Crippen LogP contribution in [0.25, 0.3) is 10.7 Å². The monoisotopic (exact) mass is 325 g/mol. The minimum atomic E-state index is -0.135. The Morgan fingerprint density at radius 1 is 1.22 bits per heavy atom. The van der Waals surface area contributed by atoms with Gasteiger partial charge in [0, 0.05) is 13.0 Å². The van der Waals surface area contributed by atoms with E-state index in [1.807, 2.05) is 52.7 Å². The Morgan fingerprint density at radius 2 is 2.09 bits per heavy atom. The van der Waals surface area contributed by atoms with Crippen LogP contribution in [-0.2, 0) is 11.3 Å². The van der Waals surface area contributed by atoms with Crippen LogP contribution in [0.3, 0.4) is 0 Å². The molecule has 116 valence electrons. The van der Waals surface area contributed by atoms with Gasteiger partial charge in [-0.2, -0.15) is 4.98 Å². The smallest absolute Gasteiger partial charge is 0.249 e. The molecule has 1 aliphatic heterocycles. The van der Waals surface area contributed by atoms with E-state index in [0.29, 0.717) is 24.7 Å². The van der Waals surface area contributed by atoms with Crippen molar-refractivity contribution in [3.05, 3.63) is 59.3 Å². The first kappa shape index (κ1) is 14.1. The second kappa shape index (κ2) is 5.96. The number of amides is 1. The van der Waals surface area contributed by atoms with Crippen molar-refractivity contribution in [1.29, 1.82) is 0 Å². The van der Waals surface area contributed by atoms with Gasteiger partial charge in [0.25, 0.3) is 0 Å². The van der Waals surface area contributed by atoms with Gasteiger partial charge in [-0.15, -0.1) is 11.3 Å². The van der Waals surface area contributed by atoms with Gasteiger partial charge in [0.1, 0.15) is 6.04 Å². The van der Waals surface area contributed by atoms with Crippen molar-refractivity contribution < 1.29 is 9.32 Å². The maximum Gasteiger partial charge on any atom is 0.249 e. The van der Waals surface area contributed by atoms with E-state index in [-0.39, 0.29) is 11.9 Å². The van der Waals surface area contributed by atoms with Gasteiger partial charge >= 0.3 is 0 Å². The molecule has 3 heterocycles. The molecule has 4 rings (SSSR count). The van der Waals surface area contributed by atoms with Crippen molar-refractivity contribution in [3.63, 3.8) is 0 Å². The highest BCUT2D eigenvalue weighted by Crippen LogP contribution is 2.34. The number of carbonyl (C=O) groups excluding carboxylic acids is 1. The summed E-state index contributed by atoms with van der Waals surface area (Å²) < 4.78 is 5.44. The number of likely N-dealkylation sites (tertiary alicyclic amines) is 1. The van der Waals surface area contributed by atoms with E-state index in [0.717, 1.165) is 16.9 Å². The van der Waals surface area contributed by atoms with Crippen LogP contribution in [-0.4, -0.2) is 20.9 Å². The Kier molecular flexibility index (Phi) is 3.67. The van der Waals surface area contributed by atoms with E-state index in [4.69, 9.17) is 4.52 Å². The van der Waals surface area contributed by atoms with E-state index < -0.39 is 0 Å². The quantitative estimate of drug-likeness (QED) is 0.734. The Labute approximate surface area is 137 Å². The average Bonchev–Trinajstić information content (AvgIpc) is 3.30. The molecule has 1 aliphatic rings. The lowest BCUT2D eigenvalue weighted by Gasteiger charge is -2.22. The van der Waals surface area contributed by atoms with Gasteiger partial charge in [-0.3, -0.25) is 4.79 Å². The number of nitrogens with zero attached hydrogens (tertiary/aromatic N) is 3. The molecule has 0 aliphatic carbocycles. The summed E-state index contributed by atoms with van der Waals surface area (Å²) in [7, 11) is 0. The zero-order valence-corrected chi connectivity index (χ0v) is 13.2. The van der Waals surface area contributed by atoms with Crippen molar-refractivity contribution in [3.8, 4) is 10.7 Å². The fraction of sp³-hybridized carbons (Fsp3) is 0.235. The van der Waals surface area contributed by atoms with Crippen LogP contribution in [0, 0.1) is 0 Å². The Bertz CT molecular complexity index is 798. The highest BCUT2D eigenvalue weighted by molar-refractivity contribution is 7.13. The van der Waals surface area contributed by atoms with E-state index >= 15 is 0 Å². The van der Waals surface area contributed by atoms with Crippen molar-refractivity contribution in [2.45, 2.75) is 25.4 Å². The van der Waals surface area contributed by atoms with Crippen molar-refractivity contribution in [2.24, 2.45) is 0 Å². The zero-order valence-electron chi connectivity index (χ0n) is 12.4. The van der Waals surface area contributed by atoms with E-state index in [1.165, 1.54) is 0 Å². The number of benzene rings is 1. The number of carbonyl (C=O) groups is 1. The topological polar surface area (TPSA) is 59.2 Å². The lowest BCUT2D eigenvalue weighted by atomic mass is 10.2. The molecule has 23 heavy (non-hydrogen) atoms. The van der Waals surface area contributed by atoms with Crippen LogP contribution >= 0.6 is 11.3 Å². The fourth-order valence-electron chi connectivity index (χ4n) is 2.85. The fourth-order valence-corrected chi connectivity index (χ4v) is 3.49. The van der Waals surface area contributed by atoms with Crippen molar-refractivity contribution in [1.82, 2.24) is 15.0 Å². The molecule has 2 aromatic heterocycles. The lowest BCUT2D eigenvalue weighted by Crippen LogP contribution is -2.27. The highest BCUT2D eigenvalue weighted by atomic mass is 32.1. The van der Waals surface area contributed by atoms with E-state index in [9.17, 15) is 4.79 Å².